The quantitative estimate of drug-likeness (QED) is 0.922. The lowest BCUT2D eigenvalue weighted by Crippen LogP contribution is -2.46. The molecule has 1 aliphatic rings. The van der Waals surface area contributed by atoms with Crippen molar-refractivity contribution in [1.29, 1.82) is 0 Å². The highest BCUT2D eigenvalue weighted by Gasteiger charge is 2.38. The van der Waals surface area contributed by atoms with E-state index in [0.717, 1.165) is 29.4 Å². The van der Waals surface area contributed by atoms with Crippen molar-refractivity contribution in [3.05, 3.63) is 36.0 Å². The van der Waals surface area contributed by atoms with Crippen molar-refractivity contribution in [2.24, 2.45) is 0 Å². The molecular weight excluding hydrogens is 280 g/mol. The zero-order chi connectivity index (χ0) is 15.9. The third-order valence-corrected chi connectivity index (χ3v) is 4.31. The van der Waals surface area contributed by atoms with Gasteiger partial charge in [0.15, 0.2) is 0 Å². The fraction of sp³-hybridized carbons (Fsp3) is 0.412. The molecule has 1 N–H and O–H groups in total. The van der Waals surface area contributed by atoms with Gasteiger partial charge in [0, 0.05) is 17.3 Å². The number of amides is 1. The number of aromatic nitrogens is 1. The van der Waals surface area contributed by atoms with Crippen LogP contribution in [0.1, 0.15) is 25.5 Å². The molecule has 0 saturated heterocycles. The molecule has 1 aliphatic carbocycles. The Hall–Kier alpha value is -2.30. The van der Waals surface area contributed by atoms with Crippen molar-refractivity contribution in [2.45, 2.75) is 45.3 Å². The molecule has 5 heteroatoms. The minimum absolute atomic E-state index is 0.0840. The van der Waals surface area contributed by atoms with Gasteiger partial charge in [-0.2, -0.15) is 0 Å². The van der Waals surface area contributed by atoms with Crippen LogP contribution in [0.5, 0.6) is 0 Å². The smallest absolute Gasteiger partial charge is 0.326 e. The summed E-state index contributed by atoms with van der Waals surface area (Å²) in [7, 11) is 0. The van der Waals surface area contributed by atoms with Crippen molar-refractivity contribution in [2.75, 3.05) is 0 Å². The third kappa shape index (κ3) is 2.58. The molecule has 1 fully saturated rings. The van der Waals surface area contributed by atoms with Gasteiger partial charge in [0.05, 0.1) is 0 Å². The van der Waals surface area contributed by atoms with Gasteiger partial charge in [0.1, 0.15) is 12.6 Å². The lowest BCUT2D eigenvalue weighted by molar-refractivity contribution is -0.150. The van der Waals surface area contributed by atoms with E-state index < -0.39 is 12.0 Å². The summed E-state index contributed by atoms with van der Waals surface area (Å²) in [6.45, 7) is 3.74. The number of carboxylic acid groups (broad SMARTS) is 1. The van der Waals surface area contributed by atoms with Crippen LogP contribution in [0.25, 0.3) is 10.9 Å². The highest BCUT2D eigenvalue weighted by atomic mass is 16.4. The number of carbonyl (C=O) groups is 2. The number of rotatable bonds is 5. The van der Waals surface area contributed by atoms with Crippen molar-refractivity contribution in [1.82, 2.24) is 9.47 Å². The number of carbonyl (C=O) groups excluding carboxylic acids is 1. The molecule has 1 heterocycles. The Labute approximate surface area is 129 Å². The SMILES string of the molecule is Cc1cc2ccccc2n1CC(=O)N(C1CC1)C(C)C(=O)O. The summed E-state index contributed by atoms with van der Waals surface area (Å²) < 4.78 is 1.96. The second kappa shape index (κ2) is 5.48. The van der Waals surface area contributed by atoms with E-state index in [0.29, 0.717) is 0 Å². The van der Waals surface area contributed by atoms with Gasteiger partial charge in [0.25, 0.3) is 0 Å². The van der Waals surface area contributed by atoms with E-state index in [1.54, 1.807) is 6.92 Å². The van der Waals surface area contributed by atoms with Gasteiger partial charge in [0.2, 0.25) is 5.91 Å². The highest BCUT2D eigenvalue weighted by Crippen LogP contribution is 2.29. The van der Waals surface area contributed by atoms with E-state index in [-0.39, 0.29) is 18.5 Å². The number of nitrogens with zero attached hydrogens (tertiary/aromatic N) is 2. The summed E-state index contributed by atoms with van der Waals surface area (Å²) in [5.74, 6) is -1.07. The Morgan fingerprint density at radius 1 is 1.36 bits per heavy atom. The van der Waals surface area contributed by atoms with E-state index in [4.69, 9.17) is 0 Å². The molecule has 22 heavy (non-hydrogen) atoms. The van der Waals surface area contributed by atoms with E-state index >= 15 is 0 Å². The molecule has 0 bridgehead atoms. The molecule has 0 spiro atoms. The van der Waals surface area contributed by atoms with Crippen molar-refractivity contribution < 1.29 is 14.7 Å². The van der Waals surface area contributed by atoms with Gasteiger partial charge >= 0.3 is 5.97 Å². The van der Waals surface area contributed by atoms with Gasteiger partial charge in [-0.1, -0.05) is 18.2 Å². The molecule has 0 radical (unpaired) electrons. The Bertz CT molecular complexity index is 731. The fourth-order valence-electron chi connectivity index (χ4n) is 2.98. The molecule has 5 nitrogen and oxygen atoms in total. The van der Waals surface area contributed by atoms with Gasteiger partial charge in [-0.05, 0) is 44.2 Å². The van der Waals surface area contributed by atoms with E-state index in [2.05, 4.69) is 0 Å². The van der Waals surface area contributed by atoms with Crippen LogP contribution < -0.4 is 0 Å². The van der Waals surface area contributed by atoms with E-state index in [1.807, 2.05) is 41.8 Å². The molecule has 0 aliphatic heterocycles. The average Bonchev–Trinajstić information content (AvgIpc) is 3.25. The Morgan fingerprint density at radius 2 is 2.05 bits per heavy atom. The number of fused-ring (bicyclic) bond motifs is 1. The largest absolute Gasteiger partial charge is 0.480 e. The standard InChI is InChI=1S/C17H20N2O3/c1-11-9-13-5-3-4-6-15(13)18(11)10-16(20)19(14-7-8-14)12(2)17(21)22/h3-6,9,12,14H,7-8,10H2,1-2H3,(H,21,22). The van der Waals surface area contributed by atoms with Crippen LogP contribution in [-0.4, -0.2) is 38.5 Å². The fourth-order valence-corrected chi connectivity index (χ4v) is 2.98. The highest BCUT2D eigenvalue weighted by molar-refractivity contribution is 5.87. The first-order chi connectivity index (χ1) is 10.5. The lowest BCUT2D eigenvalue weighted by Gasteiger charge is -2.27. The van der Waals surface area contributed by atoms with Gasteiger partial charge in [-0.3, -0.25) is 4.79 Å². The van der Waals surface area contributed by atoms with Crippen LogP contribution in [0.2, 0.25) is 0 Å². The van der Waals surface area contributed by atoms with Crippen molar-refractivity contribution >= 4 is 22.8 Å². The maximum atomic E-state index is 12.7. The number of hydrogen-bond donors (Lipinski definition) is 1. The summed E-state index contributed by atoms with van der Waals surface area (Å²) in [6.07, 6.45) is 1.80. The predicted octanol–water partition coefficient (Wildman–Crippen LogP) is 2.41. The topological polar surface area (TPSA) is 62.5 Å². The van der Waals surface area contributed by atoms with E-state index in [1.165, 1.54) is 4.90 Å². The van der Waals surface area contributed by atoms with Crippen LogP contribution in [0, 0.1) is 6.92 Å². The Morgan fingerprint density at radius 3 is 2.68 bits per heavy atom. The number of aryl methyl sites for hydroxylation is 1. The van der Waals surface area contributed by atoms with E-state index in [9.17, 15) is 14.7 Å². The molecule has 1 aromatic carbocycles. The second-order valence-corrected chi connectivity index (χ2v) is 5.98. The molecular formula is C17H20N2O3. The summed E-state index contributed by atoms with van der Waals surface area (Å²) in [6, 6.07) is 9.27. The summed E-state index contributed by atoms with van der Waals surface area (Å²) in [5, 5.41) is 10.3. The lowest BCUT2D eigenvalue weighted by atomic mass is 10.2. The van der Waals surface area contributed by atoms with Crippen LogP contribution in [-0.2, 0) is 16.1 Å². The molecule has 1 unspecified atom stereocenters. The van der Waals surface area contributed by atoms with Gasteiger partial charge in [-0.15, -0.1) is 0 Å². The first kappa shape index (κ1) is 14.6. The van der Waals surface area contributed by atoms with Crippen LogP contribution in [0.3, 0.4) is 0 Å². The van der Waals surface area contributed by atoms with Gasteiger partial charge < -0.3 is 14.6 Å². The average molecular weight is 300 g/mol. The van der Waals surface area contributed by atoms with Gasteiger partial charge in [-0.25, -0.2) is 4.79 Å². The zero-order valence-corrected chi connectivity index (χ0v) is 12.8. The van der Waals surface area contributed by atoms with Crippen molar-refractivity contribution in [3.63, 3.8) is 0 Å². The van der Waals surface area contributed by atoms with Crippen LogP contribution >= 0.6 is 0 Å². The Balaban J connectivity index is 1.88. The first-order valence-corrected chi connectivity index (χ1v) is 7.58. The molecule has 1 amide bonds. The monoisotopic (exact) mass is 300 g/mol. The maximum absolute atomic E-state index is 12.7. The second-order valence-electron chi connectivity index (χ2n) is 5.98. The number of carboxylic acids is 1. The summed E-state index contributed by atoms with van der Waals surface area (Å²) in [4.78, 5) is 25.5. The molecule has 1 aromatic heterocycles. The first-order valence-electron chi connectivity index (χ1n) is 7.58. The van der Waals surface area contributed by atoms with Crippen LogP contribution in [0.4, 0.5) is 0 Å². The molecule has 3 rings (SSSR count). The number of hydrogen-bond acceptors (Lipinski definition) is 2. The predicted molar refractivity (Wildman–Crippen MR) is 83.6 cm³/mol. The molecule has 2 aromatic rings. The molecule has 116 valence electrons. The number of benzene rings is 1. The minimum Gasteiger partial charge on any atom is -0.480 e. The minimum atomic E-state index is -0.950. The Kier molecular flexibility index (Phi) is 3.64. The molecule has 1 saturated carbocycles. The van der Waals surface area contributed by atoms with Crippen molar-refractivity contribution in [3.8, 4) is 0 Å². The normalized spacial score (nSPS) is 15.7. The summed E-state index contributed by atoms with van der Waals surface area (Å²) in [5.41, 5.74) is 2.01. The third-order valence-electron chi connectivity index (χ3n) is 4.31. The maximum Gasteiger partial charge on any atom is 0.326 e. The zero-order valence-electron chi connectivity index (χ0n) is 12.8. The number of para-hydroxylation sites is 1. The van der Waals surface area contributed by atoms with Crippen LogP contribution in [0.15, 0.2) is 30.3 Å². The number of aliphatic carboxylic acids is 1. The summed E-state index contributed by atoms with van der Waals surface area (Å²) >= 11 is 0. The molecule has 1 atom stereocenters.